The van der Waals surface area contributed by atoms with Crippen molar-refractivity contribution in [3.8, 4) is 0 Å². The molecule has 6 nitrogen and oxygen atoms in total. The second kappa shape index (κ2) is 14.3. The Labute approximate surface area is 261 Å². The fourth-order valence-corrected chi connectivity index (χ4v) is 5.13. The lowest BCUT2D eigenvalue weighted by Gasteiger charge is -2.41. The lowest BCUT2D eigenvalue weighted by atomic mass is 9.96. The van der Waals surface area contributed by atoms with E-state index in [0.29, 0.717) is 13.1 Å². The zero-order valence-corrected chi connectivity index (χ0v) is 24.8. The van der Waals surface area contributed by atoms with Gasteiger partial charge >= 0.3 is 23.7 Å². The summed E-state index contributed by atoms with van der Waals surface area (Å²) in [4.78, 5) is 28.7. The highest BCUT2D eigenvalue weighted by Gasteiger charge is 2.85. The molecule has 2 heterocycles. The van der Waals surface area contributed by atoms with Crippen LogP contribution in [0.2, 0.25) is 0 Å². The van der Waals surface area contributed by atoms with Gasteiger partial charge in [0.2, 0.25) is 0 Å². The summed E-state index contributed by atoms with van der Waals surface area (Å²) in [7, 11) is 0. The molecular formula is C32H34F8N4O2. The molecule has 46 heavy (non-hydrogen) atoms. The van der Waals surface area contributed by atoms with Crippen molar-refractivity contribution >= 4 is 24.0 Å². The van der Waals surface area contributed by atoms with E-state index < -0.39 is 61.7 Å². The average molecular weight is 659 g/mol. The normalized spacial score (nSPS) is 18.1. The van der Waals surface area contributed by atoms with Crippen LogP contribution in [0, 0.1) is 0 Å². The SMILES string of the molecule is O=C(N1CCN(CC=Cc2ccccc2)CC1)C(F)(F)C(F)(F)C(F)(F)C(F)(F)C(=O)N1CCN(CC=Cc2ccccc2)CC1. The lowest BCUT2D eigenvalue weighted by molar-refractivity contribution is -0.350. The minimum absolute atomic E-state index is 0.0500. The maximum absolute atomic E-state index is 14.8. The fraction of sp³-hybridized carbons (Fsp3) is 0.438. The van der Waals surface area contributed by atoms with Gasteiger partial charge in [-0.1, -0.05) is 85.0 Å². The predicted molar refractivity (Wildman–Crippen MR) is 157 cm³/mol. The quantitative estimate of drug-likeness (QED) is 0.310. The third-order valence-electron chi connectivity index (χ3n) is 7.99. The van der Waals surface area contributed by atoms with Crippen LogP contribution in [-0.2, 0) is 9.59 Å². The Morgan fingerprint density at radius 3 is 1.13 bits per heavy atom. The maximum atomic E-state index is 14.8. The number of halogens is 8. The van der Waals surface area contributed by atoms with Gasteiger partial charge in [0.05, 0.1) is 0 Å². The van der Waals surface area contributed by atoms with Crippen LogP contribution in [0.25, 0.3) is 12.2 Å². The number of piperazine rings is 2. The Bertz CT molecular complexity index is 1270. The number of rotatable bonds is 11. The molecule has 2 amide bonds. The Balaban J connectivity index is 1.33. The molecule has 0 unspecified atom stereocenters. The topological polar surface area (TPSA) is 47.1 Å². The minimum atomic E-state index is -6.88. The van der Waals surface area contributed by atoms with Crippen molar-refractivity contribution in [3.63, 3.8) is 0 Å². The predicted octanol–water partition coefficient (Wildman–Crippen LogP) is 5.24. The third-order valence-corrected chi connectivity index (χ3v) is 7.99. The minimum Gasteiger partial charge on any atom is -0.335 e. The molecular weight excluding hydrogens is 624 g/mol. The number of alkyl halides is 8. The highest BCUT2D eigenvalue weighted by molar-refractivity contribution is 5.87. The average Bonchev–Trinajstić information content (AvgIpc) is 3.05. The molecule has 2 aliphatic rings. The van der Waals surface area contributed by atoms with Crippen molar-refractivity contribution < 1.29 is 44.7 Å². The first-order valence-electron chi connectivity index (χ1n) is 14.7. The van der Waals surface area contributed by atoms with Crippen LogP contribution in [0.4, 0.5) is 35.1 Å². The number of carbonyl (C=O) groups excluding carboxylic acids is 2. The molecule has 0 saturated carbocycles. The van der Waals surface area contributed by atoms with Gasteiger partial charge in [0, 0.05) is 65.4 Å². The van der Waals surface area contributed by atoms with E-state index in [0.717, 1.165) is 11.1 Å². The molecule has 0 spiro atoms. The number of hydrogen-bond donors (Lipinski definition) is 0. The van der Waals surface area contributed by atoms with Gasteiger partial charge < -0.3 is 9.80 Å². The molecule has 0 atom stereocenters. The standard InChI is InChI=1S/C32H34F8N4O2/c33-29(34,27(45)43-21-17-41(18-22-43)15-7-13-25-9-3-1-4-10-25)31(37,38)32(39,40)30(35,36)28(46)44-23-19-42(20-24-44)16-8-14-26-11-5-2-6-12-26/h1-14H,15-24H2. The van der Waals surface area contributed by atoms with Crippen LogP contribution in [0.15, 0.2) is 72.8 Å². The monoisotopic (exact) mass is 658 g/mol. The van der Waals surface area contributed by atoms with E-state index in [4.69, 9.17) is 0 Å². The van der Waals surface area contributed by atoms with Crippen LogP contribution < -0.4 is 0 Å². The van der Waals surface area contributed by atoms with Crippen LogP contribution in [0.1, 0.15) is 11.1 Å². The molecule has 14 heteroatoms. The van der Waals surface area contributed by atoms with Crippen molar-refractivity contribution in [3.05, 3.63) is 83.9 Å². The highest BCUT2D eigenvalue weighted by atomic mass is 19.4. The summed E-state index contributed by atoms with van der Waals surface area (Å²) in [6.07, 6.45) is 7.11. The fourth-order valence-electron chi connectivity index (χ4n) is 5.13. The van der Waals surface area contributed by atoms with Gasteiger partial charge in [-0.15, -0.1) is 0 Å². The van der Waals surface area contributed by atoms with Crippen LogP contribution in [0.3, 0.4) is 0 Å². The second-order valence-corrected chi connectivity index (χ2v) is 11.1. The van der Waals surface area contributed by atoms with Crippen LogP contribution in [-0.4, -0.2) is 121 Å². The van der Waals surface area contributed by atoms with Gasteiger partial charge in [-0.25, -0.2) is 0 Å². The molecule has 0 aliphatic carbocycles. The van der Waals surface area contributed by atoms with E-state index in [1.807, 2.05) is 60.7 Å². The van der Waals surface area contributed by atoms with E-state index in [1.54, 1.807) is 34.1 Å². The molecule has 4 rings (SSSR count). The van der Waals surface area contributed by atoms with Gasteiger partial charge in [0.1, 0.15) is 0 Å². The molecule has 2 aliphatic heterocycles. The molecule has 0 bridgehead atoms. The number of carbonyl (C=O) groups is 2. The lowest BCUT2D eigenvalue weighted by Crippen LogP contribution is -2.70. The molecule has 2 aromatic rings. The van der Waals surface area contributed by atoms with Gasteiger partial charge in [0.15, 0.2) is 0 Å². The van der Waals surface area contributed by atoms with E-state index in [9.17, 15) is 44.7 Å². The Morgan fingerprint density at radius 1 is 0.522 bits per heavy atom. The van der Waals surface area contributed by atoms with Gasteiger partial charge in [-0.3, -0.25) is 19.4 Å². The molecule has 0 aromatic heterocycles. The van der Waals surface area contributed by atoms with Gasteiger partial charge in [-0.2, -0.15) is 35.1 Å². The Hall–Kier alpha value is -3.78. The first-order valence-corrected chi connectivity index (χ1v) is 14.7. The summed E-state index contributed by atoms with van der Waals surface area (Å²) in [5.74, 6) is -31.6. The molecule has 2 fully saturated rings. The highest BCUT2D eigenvalue weighted by Crippen LogP contribution is 2.53. The van der Waals surface area contributed by atoms with Crippen molar-refractivity contribution in [1.82, 2.24) is 19.6 Å². The summed E-state index contributed by atoms with van der Waals surface area (Å²) < 4.78 is 118. The smallest absolute Gasteiger partial charge is 0.335 e. The number of nitrogens with zero attached hydrogens (tertiary/aromatic N) is 4. The first-order chi connectivity index (χ1) is 21.7. The molecule has 0 radical (unpaired) electrons. The summed E-state index contributed by atoms with van der Waals surface area (Å²) in [5.41, 5.74) is 1.78. The van der Waals surface area contributed by atoms with Gasteiger partial charge in [0.25, 0.3) is 11.8 Å². The zero-order chi connectivity index (χ0) is 33.6. The van der Waals surface area contributed by atoms with E-state index in [-0.39, 0.29) is 36.0 Å². The number of hydrogen-bond acceptors (Lipinski definition) is 4. The summed E-state index contributed by atoms with van der Waals surface area (Å²) in [5, 5.41) is 0. The summed E-state index contributed by atoms with van der Waals surface area (Å²) in [6.45, 7) is -1.62. The maximum Gasteiger partial charge on any atom is 0.392 e. The third kappa shape index (κ3) is 7.43. The van der Waals surface area contributed by atoms with Crippen LogP contribution in [0.5, 0.6) is 0 Å². The van der Waals surface area contributed by atoms with Crippen molar-refractivity contribution in [1.29, 1.82) is 0 Å². The summed E-state index contributed by atoms with van der Waals surface area (Å²) in [6, 6.07) is 18.3. The second-order valence-electron chi connectivity index (χ2n) is 11.1. The Kier molecular flexibility index (Phi) is 10.9. The van der Waals surface area contributed by atoms with E-state index >= 15 is 0 Å². The van der Waals surface area contributed by atoms with E-state index in [1.165, 1.54) is 0 Å². The molecule has 2 saturated heterocycles. The summed E-state index contributed by atoms with van der Waals surface area (Å²) >= 11 is 0. The van der Waals surface area contributed by atoms with Gasteiger partial charge in [-0.05, 0) is 11.1 Å². The van der Waals surface area contributed by atoms with E-state index in [2.05, 4.69) is 0 Å². The number of benzene rings is 2. The van der Waals surface area contributed by atoms with Crippen molar-refractivity contribution in [2.75, 3.05) is 65.4 Å². The largest absolute Gasteiger partial charge is 0.392 e. The Morgan fingerprint density at radius 2 is 0.826 bits per heavy atom. The zero-order valence-electron chi connectivity index (χ0n) is 24.8. The number of amides is 2. The molecule has 250 valence electrons. The van der Waals surface area contributed by atoms with Crippen molar-refractivity contribution in [2.24, 2.45) is 0 Å². The molecule has 0 N–H and O–H groups in total. The van der Waals surface area contributed by atoms with Crippen LogP contribution >= 0.6 is 0 Å². The van der Waals surface area contributed by atoms with Crippen molar-refractivity contribution in [2.45, 2.75) is 23.7 Å². The first kappa shape index (κ1) is 35.1. The molecule has 2 aromatic carbocycles.